The molecule has 0 fully saturated rings. The lowest BCUT2D eigenvalue weighted by Crippen LogP contribution is -2.74. The van der Waals surface area contributed by atoms with Crippen molar-refractivity contribution < 1.29 is 0 Å². The molecule has 0 unspecified atom stereocenters. The highest BCUT2D eigenvalue weighted by atomic mass is 28.3. The summed E-state index contributed by atoms with van der Waals surface area (Å²) in [4.78, 5) is 0. The Bertz CT molecular complexity index is 3500. The summed E-state index contributed by atoms with van der Waals surface area (Å²) in [5.41, 5.74) is 11.9. The van der Waals surface area contributed by atoms with Gasteiger partial charge < -0.3 is 9.13 Å². The second kappa shape index (κ2) is 15.2. The van der Waals surface area contributed by atoms with Crippen LogP contribution in [0.2, 0.25) is 0 Å². The van der Waals surface area contributed by atoms with Gasteiger partial charge in [0.2, 0.25) is 0 Å². The fourth-order valence-corrected chi connectivity index (χ4v) is 15.2. The average Bonchev–Trinajstić information content (AvgIpc) is 3.89. The number of para-hydroxylation sites is 1. The molecule has 2 nitrogen and oxygen atoms in total. The number of fused-ring (bicyclic) bond motifs is 6. The van der Waals surface area contributed by atoms with Crippen molar-refractivity contribution >= 4 is 72.4 Å². The minimum absolute atomic E-state index is 1.14. The molecule has 12 aromatic rings. The molecule has 0 amide bonds. The number of hydrogen-bond donors (Lipinski definition) is 0. The van der Waals surface area contributed by atoms with Crippen molar-refractivity contribution in [2.24, 2.45) is 0 Å². The SMILES string of the molecule is c1ccc(-c2cccc3c2c2ccccc2n3-c2ccc3c(c2)c2c(-c4ccccc4)cccc2n3-c2cccc([Si](c3ccccc3)(c3ccccc3)c3ccccc3)c2)cc1. The molecule has 0 aliphatic carbocycles. The molecule has 0 saturated carbocycles. The molecule has 0 aliphatic heterocycles. The molecule has 0 aliphatic rings. The van der Waals surface area contributed by atoms with Crippen molar-refractivity contribution in [3.05, 3.63) is 255 Å². The van der Waals surface area contributed by atoms with Crippen molar-refractivity contribution in [3.8, 4) is 33.6 Å². The van der Waals surface area contributed by atoms with Crippen LogP contribution in [0.15, 0.2) is 255 Å². The van der Waals surface area contributed by atoms with Gasteiger partial charge in [0.05, 0.1) is 22.1 Å². The van der Waals surface area contributed by atoms with Crippen LogP contribution in [0.5, 0.6) is 0 Å². The van der Waals surface area contributed by atoms with E-state index < -0.39 is 8.07 Å². The maximum absolute atomic E-state index is 2.79. The maximum atomic E-state index is 2.50. The standard InChI is InChI=1S/C60H42N2Si/c1-6-21-43(22-7-1)51-34-19-37-57-59(51)53-33-16-17-36-55(53)62(57)46-39-40-56-54(42-46)60-52(44-23-8-2-9-24-44)35-20-38-58(60)61(56)45-25-18-32-50(41-45)63(47-26-10-3-11-27-47,48-28-12-4-13-29-48)49-30-14-5-15-31-49/h1-42H. The van der Waals surface area contributed by atoms with Crippen molar-refractivity contribution in [2.45, 2.75) is 0 Å². The zero-order valence-corrected chi connectivity index (χ0v) is 35.6. The Kier molecular flexibility index (Phi) is 8.87. The molecule has 3 heteroatoms. The first-order valence-corrected chi connectivity index (χ1v) is 23.8. The lowest BCUT2D eigenvalue weighted by Gasteiger charge is -2.34. The Labute approximate surface area is 368 Å². The molecule has 10 aromatic carbocycles. The second-order valence-corrected chi connectivity index (χ2v) is 20.2. The Morgan fingerprint density at radius 3 is 1.19 bits per heavy atom. The summed E-state index contributed by atoms with van der Waals surface area (Å²) in [6.07, 6.45) is 0. The lowest BCUT2D eigenvalue weighted by molar-refractivity contribution is 1.17. The van der Waals surface area contributed by atoms with Crippen LogP contribution in [-0.4, -0.2) is 17.2 Å². The van der Waals surface area contributed by atoms with Crippen LogP contribution in [0.3, 0.4) is 0 Å². The first-order chi connectivity index (χ1) is 31.3. The van der Waals surface area contributed by atoms with E-state index in [2.05, 4.69) is 264 Å². The Morgan fingerprint density at radius 1 is 0.254 bits per heavy atom. The van der Waals surface area contributed by atoms with Crippen LogP contribution in [0.4, 0.5) is 0 Å². The molecule has 0 bridgehead atoms. The van der Waals surface area contributed by atoms with Crippen molar-refractivity contribution in [1.82, 2.24) is 9.13 Å². The summed E-state index contributed by atoms with van der Waals surface area (Å²) in [7, 11) is -2.79. The van der Waals surface area contributed by atoms with Crippen LogP contribution in [0, 0.1) is 0 Å². The lowest BCUT2D eigenvalue weighted by atomic mass is 9.99. The van der Waals surface area contributed by atoms with Gasteiger partial charge in [-0.15, -0.1) is 0 Å². The highest BCUT2D eigenvalue weighted by Gasteiger charge is 2.41. The smallest absolute Gasteiger partial charge is 0.179 e. The predicted molar refractivity (Wildman–Crippen MR) is 270 cm³/mol. The third-order valence-corrected chi connectivity index (χ3v) is 17.8. The van der Waals surface area contributed by atoms with Gasteiger partial charge >= 0.3 is 0 Å². The molecule has 0 N–H and O–H groups in total. The molecule has 63 heavy (non-hydrogen) atoms. The minimum atomic E-state index is -2.79. The van der Waals surface area contributed by atoms with Gasteiger partial charge in [0.25, 0.3) is 0 Å². The van der Waals surface area contributed by atoms with E-state index in [4.69, 9.17) is 0 Å². The third kappa shape index (κ3) is 5.85. The molecule has 12 rings (SSSR count). The number of aromatic nitrogens is 2. The van der Waals surface area contributed by atoms with E-state index in [-0.39, 0.29) is 0 Å². The number of benzene rings is 10. The minimum Gasteiger partial charge on any atom is -0.309 e. The van der Waals surface area contributed by atoms with Gasteiger partial charge in [-0.25, -0.2) is 0 Å². The van der Waals surface area contributed by atoms with Crippen molar-refractivity contribution in [2.75, 3.05) is 0 Å². The van der Waals surface area contributed by atoms with E-state index in [1.54, 1.807) is 0 Å². The van der Waals surface area contributed by atoms with E-state index in [0.717, 1.165) is 11.4 Å². The van der Waals surface area contributed by atoms with Crippen LogP contribution in [0.1, 0.15) is 0 Å². The normalized spacial score (nSPS) is 11.8. The Balaban J connectivity index is 1.15. The molecule has 0 atom stereocenters. The third-order valence-electron chi connectivity index (χ3n) is 13.1. The highest BCUT2D eigenvalue weighted by molar-refractivity contribution is 7.19. The van der Waals surface area contributed by atoms with Gasteiger partial charge in [0, 0.05) is 32.9 Å². The summed E-state index contributed by atoms with van der Waals surface area (Å²) >= 11 is 0. The molecule has 0 radical (unpaired) electrons. The predicted octanol–water partition coefficient (Wildman–Crippen LogP) is 12.6. The van der Waals surface area contributed by atoms with Gasteiger partial charge in [-0.1, -0.05) is 206 Å². The zero-order valence-electron chi connectivity index (χ0n) is 34.6. The quantitative estimate of drug-likeness (QED) is 0.107. The Hall–Kier alpha value is -7.98. The van der Waals surface area contributed by atoms with E-state index in [1.807, 2.05) is 0 Å². The summed E-state index contributed by atoms with van der Waals surface area (Å²) in [6, 6.07) is 94.2. The molecule has 2 heterocycles. The van der Waals surface area contributed by atoms with Gasteiger partial charge in [-0.3, -0.25) is 0 Å². The average molecular weight is 819 g/mol. The topological polar surface area (TPSA) is 9.86 Å². The maximum Gasteiger partial charge on any atom is 0.179 e. The summed E-state index contributed by atoms with van der Waals surface area (Å²) in [5, 5.41) is 10.4. The zero-order chi connectivity index (χ0) is 41.7. The van der Waals surface area contributed by atoms with E-state index in [0.29, 0.717) is 0 Å². The number of rotatable bonds is 8. The monoisotopic (exact) mass is 818 g/mol. The van der Waals surface area contributed by atoms with Crippen LogP contribution < -0.4 is 20.7 Å². The van der Waals surface area contributed by atoms with Crippen molar-refractivity contribution in [1.29, 1.82) is 0 Å². The molecule has 0 saturated heterocycles. The molecule has 0 spiro atoms. The number of nitrogens with zero attached hydrogens (tertiary/aromatic N) is 2. The highest BCUT2D eigenvalue weighted by Crippen LogP contribution is 2.42. The summed E-state index contributed by atoms with van der Waals surface area (Å²) in [6.45, 7) is 0. The Morgan fingerprint density at radius 2 is 0.651 bits per heavy atom. The van der Waals surface area contributed by atoms with Crippen LogP contribution in [-0.2, 0) is 0 Å². The largest absolute Gasteiger partial charge is 0.309 e. The number of hydrogen-bond acceptors (Lipinski definition) is 0. The fraction of sp³-hybridized carbons (Fsp3) is 0. The molecular formula is C60H42N2Si. The van der Waals surface area contributed by atoms with Gasteiger partial charge in [0.15, 0.2) is 8.07 Å². The van der Waals surface area contributed by atoms with Crippen molar-refractivity contribution in [3.63, 3.8) is 0 Å². The fourth-order valence-electron chi connectivity index (χ4n) is 10.4. The van der Waals surface area contributed by atoms with Gasteiger partial charge in [-0.2, -0.15) is 0 Å². The van der Waals surface area contributed by atoms with Gasteiger partial charge in [0.1, 0.15) is 0 Å². The van der Waals surface area contributed by atoms with Crippen LogP contribution >= 0.6 is 0 Å². The van der Waals surface area contributed by atoms with E-state index >= 15 is 0 Å². The first-order valence-electron chi connectivity index (χ1n) is 21.8. The molecular weight excluding hydrogens is 777 g/mol. The molecule has 2 aromatic heterocycles. The van der Waals surface area contributed by atoms with Gasteiger partial charge in [-0.05, 0) is 91.5 Å². The molecule has 296 valence electrons. The van der Waals surface area contributed by atoms with E-state index in [1.165, 1.54) is 86.6 Å². The first kappa shape index (κ1) is 36.8. The summed E-state index contributed by atoms with van der Waals surface area (Å²) < 4.78 is 4.97. The second-order valence-electron chi connectivity index (χ2n) is 16.4. The van der Waals surface area contributed by atoms with Crippen LogP contribution in [0.25, 0.3) is 77.2 Å². The summed E-state index contributed by atoms with van der Waals surface area (Å²) in [5.74, 6) is 0. The van der Waals surface area contributed by atoms with E-state index in [9.17, 15) is 0 Å².